The summed E-state index contributed by atoms with van der Waals surface area (Å²) in [4.78, 5) is 4.03. The van der Waals surface area contributed by atoms with Crippen molar-refractivity contribution in [3.8, 4) is 0 Å². The lowest BCUT2D eigenvalue weighted by Gasteiger charge is -2.26. The second-order valence-corrected chi connectivity index (χ2v) is 4.81. The van der Waals surface area contributed by atoms with Crippen molar-refractivity contribution in [2.45, 2.75) is 39.2 Å². The highest BCUT2D eigenvalue weighted by atomic mass is 35.5. The van der Waals surface area contributed by atoms with Gasteiger partial charge in [0.25, 0.3) is 0 Å². The van der Waals surface area contributed by atoms with Crippen LogP contribution in [-0.2, 0) is 6.54 Å². The van der Waals surface area contributed by atoms with E-state index in [0.29, 0.717) is 5.28 Å². The summed E-state index contributed by atoms with van der Waals surface area (Å²) in [7, 11) is 0. The normalized spacial score (nSPS) is 27.9. The molecule has 1 heterocycles. The number of halogens is 1. The first kappa shape index (κ1) is 10.0. The molecule has 0 spiro atoms. The molecule has 0 aliphatic heterocycles. The van der Waals surface area contributed by atoms with E-state index < -0.39 is 0 Å². The Morgan fingerprint density at radius 3 is 2.71 bits per heavy atom. The largest absolute Gasteiger partial charge is 0.322 e. The Hall–Kier alpha value is -0.500. The first-order chi connectivity index (χ1) is 6.75. The zero-order chi connectivity index (χ0) is 9.97. The monoisotopic (exact) mass is 212 g/mol. The summed E-state index contributed by atoms with van der Waals surface area (Å²) in [5, 5.41) is 0.628. The van der Waals surface area contributed by atoms with Crippen molar-refractivity contribution in [2.24, 2.45) is 11.8 Å². The molecular weight excluding hydrogens is 196 g/mol. The fourth-order valence-electron chi connectivity index (χ4n) is 2.24. The van der Waals surface area contributed by atoms with Gasteiger partial charge in [0.2, 0.25) is 5.28 Å². The van der Waals surface area contributed by atoms with Crippen molar-refractivity contribution in [2.75, 3.05) is 0 Å². The van der Waals surface area contributed by atoms with Gasteiger partial charge in [-0.2, -0.15) is 0 Å². The summed E-state index contributed by atoms with van der Waals surface area (Å²) in [6.45, 7) is 3.39. The molecular formula is C11H17ClN2. The number of imidazole rings is 1. The van der Waals surface area contributed by atoms with Crippen LogP contribution in [0.1, 0.15) is 32.6 Å². The summed E-state index contributed by atoms with van der Waals surface area (Å²) in [5.41, 5.74) is 0. The standard InChI is InChI=1S/C11H17ClN2/c1-9-2-4-10(5-3-9)8-14-7-6-13-11(14)12/h6-7,9-10H,2-5,8H2,1H3. The Balaban J connectivity index is 1.89. The molecule has 0 amide bonds. The summed E-state index contributed by atoms with van der Waals surface area (Å²) in [5.74, 6) is 1.72. The molecule has 0 bridgehead atoms. The molecule has 0 aromatic carbocycles. The first-order valence-electron chi connectivity index (χ1n) is 5.42. The zero-order valence-electron chi connectivity index (χ0n) is 8.62. The van der Waals surface area contributed by atoms with Gasteiger partial charge in [-0.25, -0.2) is 4.98 Å². The van der Waals surface area contributed by atoms with Crippen LogP contribution in [0, 0.1) is 11.8 Å². The summed E-state index contributed by atoms with van der Waals surface area (Å²) in [6.07, 6.45) is 9.17. The third kappa shape index (κ3) is 2.30. The Morgan fingerprint density at radius 1 is 1.43 bits per heavy atom. The third-order valence-electron chi connectivity index (χ3n) is 3.26. The second kappa shape index (κ2) is 4.35. The Kier molecular flexibility index (Phi) is 3.12. The van der Waals surface area contributed by atoms with Gasteiger partial charge in [-0.3, -0.25) is 0 Å². The van der Waals surface area contributed by atoms with E-state index in [2.05, 4.69) is 16.5 Å². The lowest BCUT2D eigenvalue weighted by atomic mass is 9.83. The number of rotatable bonds is 2. The Morgan fingerprint density at radius 2 is 2.14 bits per heavy atom. The van der Waals surface area contributed by atoms with Gasteiger partial charge < -0.3 is 4.57 Å². The van der Waals surface area contributed by atoms with Crippen molar-refractivity contribution >= 4 is 11.6 Å². The maximum Gasteiger partial charge on any atom is 0.202 e. The average Bonchev–Trinajstić information content (AvgIpc) is 2.56. The van der Waals surface area contributed by atoms with Crippen molar-refractivity contribution in [1.29, 1.82) is 0 Å². The maximum absolute atomic E-state index is 5.94. The van der Waals surface area contributed by atoms with Crippen molar-refractivity contribution in [3.05, 3.63) is 17.7 Å². The van der Waals surface area contributed by atoms with Crippen LogP contribution in [0.4, 0.5) is 0 Å². The van der Waals surface area contributed by atoms with Gasteiger partial charge in [0.1, 0.15) is 0 Å². The third-order valence-corrected chi connectivity index (χ3v) is 3.57. The molecule has 1 aliphatic carbocycles. The molecule has 1 saturated carbocycles. The molecule has 14 heavy (non-hydrogen) atoms. The number of hydrogen-bond donors (Lipinski definition) is 0. The van der Waals surface area contributed by atoms with Crippen LogP contribution in [0.5, 0.6) is 0 Å². The molecule has 2 rings (SSSR count). The van der Waals surface area contributed by atoms with Gasteiger partial charge in [0, 0.05) is 18.9 Å². The van der Waals surface area contributed by atoms with E-state index in [9.17, 15) is 0 Å². The molecule has 1 aliphatic rings. The molecule has 0 saturated heterocycles. The van der Waals surface area contributed by atoms with Gasteiger partial charge in [-0.1, -0.05) is 19.8 Å². The number of hydrogen-bond acceptors (Lipinski definition) is 1. The lowest BCUT2D eigenvalue weighted by Crippen LogP contribution is -2.17. The predicted molar refractivity (Wildman–Crippen MR) is 58.4 cm³/mol. The molecule has 1 aromatic rings. The second-order valence-electron chi connectivity index (χ2n) is 4.47. The fourth-order valence-corrected chi connectivity index (χ4v) is 2.42. The zero-order valence-corrected chi connectivity index (χ0v) is 9.37. The van der Waals surface area contributed by atoms with Crippen LogP contribution in [0.15, 0.2) is 12.4 Å². The number of aromatic nitrogens is 2. The van der Waals surface area contributed by atoms with Crippen molar-refractivity contribution in [3.63, 3.8) is 0 Å². The quantitative estimate of drug-likeness (QED) is 0.735. The van der Waals surface area contributed by atoms with Gasteiger partial charge >= 0.3 is 0 Å². The van der Waals surface area contributed by atoms with Crippen LogP contribution >= 0.6 is 11.6 Å². The highest BCUT2D eigenvalue weighted by Gasteiger charge is 2.18. The van der Waals surface area contributed by atoms with E-state index in [1.54, 1.807) is 6.20 Å². The van der Waals surface area contributed by atoms with Crippen LogP contribution in [0.25, 0.3) is 0 Å². The molecule has 78 valence electrons. The van der Waals surface area contributed by atoms with Crippen LogP contribution in [0.2, 0.25) is 5.28 Å². The minimum atomic E-state index is 0.628. The molecule has 2 nitrogen and oxygen atoms in total. The van der Waals surface area contributed by atoms with Crippen LogP contribution in [0.3, 0.4) is 0 Å². The minimum Gasteiger partial charge on any atom is -0.322 e. The van der Waals surface area contributed by atoms with Crippen molar-refractivity contribution in [1.82, 2.24) is 9.55 Å². The smallest absolute Gasteiger partial charge is 0.202 e. The van der Waals surface area contributed by atoms with Crippen LogP contribution < -0.4 is 0 Å². The van der Waals surface area contributed by atoms with Gasteiger partial charge in [0.05, 0.1) is 0 Å². The SMILES string of the molecule is CC1CCC(Cn2ccnc2Cl)CC1. The minimum absolute atomic E-state index is 0.628. The van der Waals surface area contributed by atoms with E-state index >= 15 is 0 Å². The lowest BCUT2D eigenvalue weighted by molar-refractivity contribution is 0.265. The van der Waals surface area contributed by atoms with Gasteiger partial charge in [-0.15, -0.1) is 0 Å². The van der Waals surface area contributed by atoms with E-state index in [-0.39, 0.29) is 0 Å². The molecule has 0 atom stereocenters. The van der Waals surface area contributed by atoms with Crippen molar-refractivity contribution < 1.29 is 0 Å². The molecule has 0 unspecified atom stereocenters. The molecule has 0 N–H and O–H groups in total. The predicted octanol–water partition coefficient (Wildman–Crippen LogP) is 3.36. The van der Waals surface area contributed by atoms with Gasteiger partial charge in [0.15, 0.2) is 0 Å². The van der Waals surface area contributed by atoms with Gasteiger partial charge in [-0.05, 0) is 36.3 Å². The van der Waals surface area contributed by atoms with E-state index in [1.165, 1.54) is 25.7 Å². The van der Waals surface area contributed by atoms with E-state index in [4.69, 9.17) is 11.6 Å². The molecule has 0 radical (unpaired) electrons. The summed E-state index contributed by atoms with van der Waals surface area (Å²) < 4.78 is 2.06. The van der Waals surface area contributed by atoms with Crippen LogP contribution in [-0.4, -0.2) is 9.55 Å². The Labute approximate surface area is 90.3 Å². The fraction of sp³-hybridized carbons (Fsp3) is 0.727. The number of nitrogens with zero attached hydrogens (tertiary/aromatic N) is 2. The molecule has 1 aromatic heterocycles. The molecule has 3 heteroatoms. The summed E-state index contributed by atoms with van der Waals surface area (Å²) in [6, 6.07) is 0. The molecule has 1 fully saturated rings. The topological polar surface area (TPSA) is 17.8 Å². The highest BCUT2D eigenvalue weighted by Crippen LogP contribution is 2.29. The first-order valence-corrected chi connectivity index (χ1v) is 5.80. The Bertz CT molecular complexity index is 287. The van der Waals surface area contributed by atoms with E-state index in [0.717, 1.165) is 18.4 Å². The highest BCUT2D eigenvalue weighted by molar-refractivity contribution is 6.28. The summed E-state index contributed by atoms with van der Waals surface area (Å²) >= 11 is 5.94. The van der Waals surface area contributed by atoms with E-state index in [1.807, 2.05) is 6.20 Å². The average molecular weight is 213 g/mol. The maximum atomic E-state index is 5.94.